The molecule has 1 N–H and O–H groups in total. The minimum Gasteiger partial charge on any atom is -0.268 e. The zero-order valence-electron chi connectivity index (χ0n) is 10.3. The van der Waals surface area contributed by atoms with Crippen LogP contribution in [0.1, 0.15) is 10.4 Å². The molecule has 0 aliphatic carbocycles. The number of benzene rings is 2. The fraction of sp³-hybridized carbons (Fsp3) is 0. The van der Waals surface area contributed by atoms with Crippen molar-refractivity contribution in [2.45, 2.75) is 4.90 Å². The Kier molecular flexibility index (Phi) is 5.13. The molecule has 8 heteroatoms. The second-order valence-corrected chi connectivity index (χ2v) is 7.68. The summed E-state index contributed by atoms with van der Waals surface area (Å²) in [5.41, 5.74) is 0.0705. The smallest absolute Gasteiger partial charge is 0.267 e. The summed E-state index contributed by atoms with van der Waals surface area (Å²) >= 11 is 13.6. The molecule has 4 nitrogen and oxygen atoms in total. The Hall–Kier alpha value is -0.830. The minimum atomic E-state index is -3.95. The number of carbonyl (C=O) groups excluding carboxylic acids is 1. The van der Waals surface area contributed by atoms with E-state index in [1.165, 1.54) is 24.3 Å². The van der Waals surface area contributed by atoms with Gasteiger partial charge in [0, 0.05) is 8.59 Å². The van der Waals surface area contributed by atoms with E-state index in [-0.39, 0.29) is 15.5 Å². The molecule has 2 rings (SSSR count). The van der Waals surface area contributed by atoms with E-state index in [4.69, 9.17) is 23.2 Å². The van der Waals surface area contributed by atoms with Crippen molar-refractivity contribution < 1.29 is 13.2 Å². The summed E-state index contributed by atoms with van der Waals surface area (Å²) < 4.78 is 26.7. The number of halogens is 3. The standard InChI is InChI=1S/C13H8Cl2INO3S/c14-8-6-10(15)12(11(16)7-8)13(18)17-21(19,20)9-4-2-1-3-5-9/h1-7H,(H,17,18)/i16-2. The average Bonchev–Trinajstić information content (AvgIpc) is 2.37. The maximum atomic E-state index is 12.2. The number of carbonyl (C=O) groups is 1. The molecule has 0 unspecified atom stereocenters. The highest BCUT2D eigenvalue weighted by Crippen LogP contribution is 2.27. The second-order valence-electron chi connectivity index (χ2n) is 3.99. The molecule has 2 aromatic rings. The average molecular weight is 454 g/mol. The first kappa shape index (κ1) is 16.5. The molecule has 110 valence electrons. The van der Waals surface area contributed by atoms with Gasteiger partial charge >= 0.3 is 0 Å². The first-order chi connectivity index (χ1) is 9.81. The lowest BCUT2D eigenvalue weighted by atomic mass is 10.2. The van der Waals surface area contributed by atoms with Gasteiger partial charge < -0.3 is 0 Å². The van der Waals surface area contributed by atoms with Gasteiger partial charge in [-0.3, -0.25) is 4.79 Å². The predicted octanol–water partition coefficient (Wildman–Crippen LogP) is 3.72. The van der Waals surface area contributed by atoms with Crippen LogP contribution in [0.4, 0.5) is 0 Å². The molecular formula is C13H8Cl2INO3S. The zero-order valence-corrected chi connectivity index (χ0v) is 14.8. The van der Waals surface area contributed by atoms with Crippen LogP contribution in [0.5, 0.6) is 0 Å². The molecular weight excluding hydrogens is 446 g/mol. The first-order valence-electron chi connectivity index (χ1n) is 5.58. The molecule has 0 fully saturated rings. The maximum Gasteiger partial charge on any atom is 0.267 e. The third kappa shape index (κ3) is 3.88. The predicted molar refractivity (Wildman–Crippen MR) is 90.3 cm³/mol. The highest BCUT2D eigenvalue weighted by Gasteiger charge is 2.22. The van der Waals surface area contributed by atoms with Crippen LogP contribution in [0.15, 0.2) is 47.4 Å². The van der Waals surface area contributed by atoms with Gasteiger partial charge in [0.25, 0.3) is 15.9 Å². The molecule has 21 heavy (non-hydrogen) atoms. The Labute approximate surface area is 145 Å². The van der Waals surface area contributed by atoms with Crippen LogP contribution in [0, 0.1) is 3.57 Å². The van der Waals surface area contributed by atoms with Crippen molar-refractivity contribution in [1.29, 1.82) is 0 Å². The largest absolute Gasteiger partial charge is 0.268 e. The van der Waals surface area contributed by atoms with Gasteiger partial charge in [0.05, 0.1) is 15.5 Å². The van der Waals surface area contributed by atoms with Crippen molar-refractivity contribution in [2.75, 3.05) is 0 Å². The number of nitrogens with one attached hydrogen (secondary N) is 1. The number of sulfonamides is 1. The lowest BCUT2D eigenvalue weighted by Gasteiger charge is -2.10. The van der Waals surface area contributed by atoms with Crippen LogP contribution in [-0.4, -0.2) is 14.3 Å². The normalized spacial score (nSPS) is 11.2. The van der Waals surface area contributed by atoms with Gasteiger partial charge in [-0.25, -0.2) is 13.1 Å². The summed E-state index contributed by atoms with van der Waals surface area (Å²) in [6.07, 6.45) is 0. The molecule has 0 heterocycles. The van der Waals surface area contributed by atoms with Gasteiger partial charge in [0.15, 0.2) is 0 Å². The van der Waals surface area contributed by atoms with Crippen LogP contribution >= 0.6 is 45.8 Å². The van der Waals surface area contributed by atoms with Gasteiger partial charge in [-0.05, 0) is 46.9 Å². The lowest BCUT2D eigenvalue weighted by Crippen LogP contribution is -2.31. The summed E-state index contributed by atoms with van der Waals surface area (Å²) in [5.74, 6) is -0.801. The topological polar surface area (TPSA) is 63.2 Å². The van der Waals surface area contributed by atoms with Crippen molar-refractivity contribution in [3.8, 4) is 0 Å². The number of rotatable bonds is 3. The summed E-state index contributed by atoms with van der Waals surface area (Å²) in [6, 6.07) is 10.5. The summed E-state index contributed by atoms with van der Waals surface area (Å²) in [6.45, 7) is 0. The quantitative estimate of drug-likeness (QED) is 0.720. The van der Waals surface area contributed by atoms with Crippen molar-refractivity contribution >= 4 is 61.7 Å². The molecule has 1 amide bonds. The van der Waals surface area contributed by atoms with Crippen molar-refractivity contribution in [3.63, 3.8) is 0 Å². The Morgan fingerprint density at radius 3 is 2.29 bits per heavy atom. The van der Waals surface area contributed by atoms with Gasteiger partial charge in [-0.2, -0.15) is 0 Å². The van der Waals surface area contributed by atoms with E-state index in [1.54, 1.807) is 18.2 Å². The van der Waals surface area contributed by atoms with Gasteiger partial charge in [0.2, 0.25) is 0 Å². The fourth-order valence-electron chi connectivity index (χ4n) is 1.59. The molecule has 0 aliphatic heterocycles. The molecule has 0 bridgehead atoms. The van der Waals surface area contributed by atoms with E-state index in [0.717, 1.165) is 0 Å². The Morgan fingerprint density at radius 2 is 1.71 bits per heavy atom. The van der Waals surface area contributed by atoms with Gasteiger partial charge in [-0.1, -0.05) is 41.4 Å². The van der Waals surface area contributed by atoms with E-state index in [2.05, 4.69) is 0 Å². The SMILES string of the molecule is O=C(NS(=O)(=O)c1ccccc1)c1c(Cl)cc(Cl)cc1[125I]. The Balaban J connectivity index is 2.35. The third-order valence-electron chi connectivity index (χ3n) is 2.51. The molecule has 0 saturated heterocycles. The van der Waals surface area contributed by atoms with E-state index in [0.29, 0.717) is 8.59 Å². The maximum absolute atomic E-state index is 12.2. The lowest BCUT2D eigenvalue weighted by molar-refractivity contribution is 0.0980. The van der Waals surface area contributed by atoms with Crippen molar-refractivity contribution in [2.24, 2.45) is 0 Å². The first-order valence-corrected chi connectivity index (χ1v) is 8.90. The third-order valence-corrected chi connectivity index (χ3v) is 5.23. The van der Waals surface area contributed by atoms with Crippen LogP contribution in [0.2, 0.25) is 10.0 Å². The summed E-state index contributed by atoms with van der Waals surface area (Å²) in [5, 5.41) is 0.458. The molecule has 0 aliphatic rings. The van der Waals surface area contributed by atoms with Crippen LogP contribution < -0.4 is 4.72 Å². The van der Waals surface area contributed by atoms with E-state index in [1.807, 2.05) is 27.3 Å². The molecule has 0 aromatic heterocycles. The molecule has 0 atom stereocenters. The molecule has 0 saturated carbocycles. The van der Waals surface area contributed by atoms with E-state index >= 15 is 0 Å². The van der Waals surface area contributed by atoms with E-state index < -0.39 is 15.9 Å². The number of hydrogen-bond donors (Lipinski definition) is 1. The Bertz CT molecular complexity index is 771. The van der Waals surface area contributed by atoms with E-state index in [9.17, 15) is 13.2 Å². The molecule has 2 aromatic carbocycles. The molecule has 0 radical (unpaired) electrons. The summed E-state index contributed by atoms with van der Waals surface area (Å²) in [7, 11) is -3.95. The van der Waals surface area contributed by atoms with Crippen molar-refractivity contribution in [3.05, 3.63) is 61.6 Å². The van der Waals surface area contributed by atoms with Gasteiger partial charge in [-0.15, -0.1) is 0 Å². The Morgan fingerprint density at radius 1 is 1.10 bits per heavy atom. The highest BCUT2D eigenvalue weighted by atomic mass is 125. The van der Waals surface area contributed by atoms with Crippen LogP contribution in [-0.2, 0) is 10.0 Å². The zero-order chi connectivity index (χ0) is 15.6. The highest BCUT2D eigenvalue weighted by molar-refractivity contribution is 14.1. The van der Waals surface area contributed by atoms with Crippen LogP contribution in [0.3, 0.4) is 0 Å². The minimum absolute atomic E-state index is 0.00144. The monoisotopic (exact) mass is 453 g/mol. The van der Waals surface area contributed by atoms with Gasteiger partial charge in [0.1, 0.15) is 0 Å². The number of amides is 1. The summed E-state index contributed by atoms with van der Waals surface area (Å²) in [4.78, 5) is 12.2. The fourth-order valence-corrected chi connectivity index (χ4v) is 4.36. The molecule has 0 spiro atoms. The number of hydrogen-bond acceptors (Lipinski definition) is 3. The van der Waals surface area contributed by atoms with Crippen LogP contribution in [0.25, 0.3) is 0 Å². The second kappa shape index (κ2) is 6.51. The van der Waals surface area contributed by atoms with Crippen molar-refractivity contribution in [1.82, 2.24) is 4.72 Å².